The maximum Gasteiger partial charge on any atom is 0.153 e. The van der Waals surface area contributed by atoms with Gasteiger partial charge in [-0.3, -0.25) is 0 Å². The first-order valence-electron chi connectivity index (χ1n) is 22.3. The van der Waals surface area contributed by atoms with Crippen LogP contribution in [0, 0.1) is 13.8 Å². The van der Waals surface area contributed by atoms with Crippen molar-refractivity contribution in [2.24, 2.45) is 0 Å². The molecule has 0 saturated heterocycles. The van der Waals surface area contributed by atoms with Gasteiger partial charge in [0.25, 0.3) is 0 Å². The minimum absolute atomic E-state index is 1.04. The second kappa shape index (κ2) is 20.7. The fourth-order valence-electron chi connectivity index (χ4n) is 8.79. The molecule has 0 aromatic carbocycles. The van der Waals surface area contributed by atoms with E-state index in [1.807, 2.05) is 45.3 Å². The Morgan fingerprint density at radius 1 is 0.421 bits per heavy atom. The van der Waals surface area contributed by atoms with Crippen LogP contribution in [0.5, 0.6) is 0 Å². The Kier molecular flexibility index (Phi) is 15.7. The van der Waals surface area contributed by atoms with Crippen LogP contribution < -0.4 is 10.4 Å². The lowest BCUT2D eigenvalue weighted by atomic mass is 10.1. The Morgan fingerprint density at radius 3 is 1.46 bits per heavy atom. The second-order valence-electron chi connectivity index (χ2n) is 16.4. The van der Waals surface area contributed by atoms with Crippen LogP contribution in [0.15, 0.2) is 36.4 Å². The summed E-state index contributed by atoms with van der Waals surface area (Å²) in [6.45, 7) is 13.9. The summed E-state index contributed by atoms with van der Waals surface area (Å²) in [5, 5.41) is 5.81. The first-order valence-corrected chi connectivity index (χ1v) is 29.6. The molecule has 9 heteroatoms. The van der Waals surface area contributed by atoms with E-state index in [1.165, 1.54) is 165 Å². The Balaban J connectivity index is 1.22. The number of hydrogen-bond donors (Lipinski definition) is 0. The molecule has 0 atom stereocenters. The molecule has 0 fully saturated rings. The standard InChI is InChI=1S/C48H64N2S6Si/c1-7-11-15-19-23-35-43(38-26-25-33(5)51-38)55-47(49-35)48-50-36(24-20-16-12-8-2)44(56-48)39-28-27-37(53-39)40-32-42-46(54-40)45-41(31-34(6)52-45)57(42,29-21-17-13-9-3)30-22-18-14-10-4/h25-28,31-32H,7-24,29-30H2,1-6H3. The van der Waals surface area contributed by atoms with Crippen LogP contribution in [0.25, 0.3) is 49.0 Å². The summed E-state index contributed by atoms with van der Waals surface area (Å²) < 4.78 is 0. The normalized spacial score (nSPS) is 13.2. The van der Waals surface area contributed by atoms with Gasteiger partial charge >= 0.3 is 0 Å². The van der Waals surface area contributed by atoms with Crippen molar-refractivity contribution < 1.29 is 0 Å². The predicted octanol–water partition coefficient (Wildman–Crippen LogP) is 17.1. The van der Waals surface area contributed by atoms with E-state index in [-0.39, 0.29) is 0 Å². The Bertz CT molecular complexity index is 2160. The van der Waals surface area contributed by atoms with Crippen molar-refractivity contribution in [3.63, 3.8) is 0 Å². The van der Waals surface area contributed by atoms with Gasteiger partial charge in [0, 0.05) is 39.0 Å². The lowest BCUT2D eigenvalue weighted by Crippen LogP contribution is -2.54. The average Bonchev–Trinajstić information content (AvgIpc) is 4.06. The Hall–Kier alpha value is -1.72. The van der Waals surface area contributed by atoms with Gasteiger partial charge < -0.3 is 0 Å². The van der Waals surface area contributed by atoms with Crippen molar-refractivity contribution in [3.8, 4) is 49.0 Å². The lowest BCUT2D eigenvalue weighted by molar-refractivity contribution is 0.662. The summed E-state index contributed by atoms with van der Waals surface area (Å²) in [6.07, 6.45) is 23.1. The van der Waals surface area contributed by atoms with E-state index in [0.717, 1.165) is 22.9 Å². The van der Waals surface area contributed by atoms with Crippen molar-refractivity contribution >= 4 is 86.5 Å². The molecule has 306 valence electrons. The maximum atomic E-state index is 5.46. The molecule has 0 N–H and O–H groups in total. The topological polar surface area (TPSA) is 25.8 Å². The van der Waals surface area contributed by atoms with Crippen molar-refractivity contribution in [1.82, 2.24) is 9.97 Å². The molecule has 7 rings (SSSR count). The minimum atomic E-state index is -1.81. The van der Waals surface area contributed by atoms with Gasteiger partial charge in [-0.25, -0.2) is 9.97 Å². The summed E-state index contributed by atoms with van der Waals surface area (Å²) in [5.74, 6) is 0. The monoisotopic (exact) mass is 888 g/mol. The molecule has 0 radical (unpaired) electrons. The molecule has 6 aromatic rings. The molecular weight excluding hydrogens is 825 g/mol. The van der Waals surface area contributed by atoms with E-state index in [0.29, 0.717) is 0 Å². The van der Waals surface area contributed by atoms with Crippen molar-refractivity contribution in [1.29, 1.82) is 0 Å². The van der Waals surface area contributed by atoms with Crippen LogP contribution in [-0.4, -0.2) is 18.0 Å². The Labute approximate surface area is 369 Å². The van der Waals surface area contributed by atoms with Gasteiger partial charge in [-0.05, 0) is 98.4 Å². The quantitative estimate of drug-likeness (QED) is 0.0447. The molecule has 57 heavy (non-hydrogen) atoms. The molecule has 6 aromatic heterocycles. The third-order valence-electron chi connectivity index (χ3n) is 11.9. The van der Waals surface area contributed by atoms with Gasteiger partial charge in [-0.1, -0.05) is 118 Å². The molecule has 0 unspecified atom stereocenters. The average molecular weight is 890 g/mol. The molecule has 7 heterocycles. The third-order valence-corrected chi connectivity index (χ3v) is 24.8. The van der Waals surface area contributed by atoms with Crippen LogP contribution in [0.2, 0.25) is 12.1 Å². The van der Waals surface area contributed by atoms with Crippen LogP contribution in [0.1, 0.15) is 152 Å². The number of hydrogen-bond acceptors (Lipinski definition) is 8. The molecule has 0 spiro atoms. The minimum Gasteiger partial charge on any atom is -0.238 e. The molecule has 0 saturated carbocycles. The number of fused-ring (bicyclic) bond motifs is 3. The van der Waals surface area contributed by atoms with Crippen molar-refractivity contribution in [3.05, 3.63) is 57.5 Å². The summed E-state index contributed by atoms with van der Waals surface area (Å²) in [4.78, 5) is 25.4. The molecule has 0 bridgehead atoms. The predicted molar refractivity (Wildman–Crippen MR) is 265 cm³/mol. The van der Waals surface area contributed by atoms with Crippen molar-refractivity contribution in [2.75, 3.05) is 0 Å². The van der Waals surface area contributed by atoms with Gasteiger partial charge in [-0.15, -0.1) is 68.0 Å². The maximum absolute atomic E-state index is 5.46. The van der Waals surface area contributed by atoms with E-state index in [2.05, 4.69) is 101 Å². The van der Waals surface area contributed by atoms with Crippen LogP contribution >= 0.6 is 68.0 Å². The number of aromatic nitrogens is 2. The van der Waals surface area contributed by atoms with E-state index in [9.17, 15) is 0 Å². The number of nitrogens with zero attached hydrogens (tertiary/aromatic N) is 2. The molecule has 2 nitrogen and oxygen atoms in total. The van der Waals surface area contributed by atoms with Gasteiger partial charge in [0.1, 0.15) is 8.07 Å². The smallest absolute Gasteiger partial charge is 0.153 e. The van der Waals surface area contributed by atoms with E-state index in [1.54, 1.807) is 20.1 Å². The van der Waals surface area contributed by atoms with E-state index < -0.39 is 8.07 Å². The highest BCUT2D eigenvalue weighted by molar-refractivity contribution is 7.33. The zero-order valence-electron chi connectivity index (χ0n) is 35.5. The molecule has 1 aliphatic rings. The number of rotatable bonds is 24. The van der Waals surface area contributed by atoms with E-state index >= 15 is 0 Å². The second-order valence-corrected chi connectivity index (χ2v) is 27.4. The number of thiophene rings is 4. The van der Waals surface area contributed by atoms with Crippen molar-refractivity contribution in [2.45, 2.75) is 169 Å². The van der Waals surface area contributed by atoms with Crippen LogP contribution in [0.3, 0.4) is 0 Å². The SMILES string of the molecule is CCCCCCc1nc(-c2nc(CCCCCC)c(-c3ccc(-c4cc5c(s4)-c4sc(C)cc4[Si]5(CCCCCC)CCCCCC)s3)s2)sc1-c1ccc(C)s1. The van der Waals surface area contributed by atoms with Gasteiger partial charge in [-0.2, -0.15) is 0 Å². The largest absolute Gasteiger partial charge is 0.238 e. The summed E-state index contributed by atoms with van der Waals surface area (Å²) in [6, 6.07) is 17.6. The molecular formula is C48H64N2S6Si. The zero-order chi connectivity index (χ0) is 39.8. The molecule has 0 amide bonds. The highest BCUT2D eigenvalue weighted by atomic mass is 32.1. The summed E-state index contributed by atoms with van der Waals surface area (Å²) in [7, 11) is -1.81. The van der Waals surface area contributed by atoms with E-state index in [4.69, 9.17) is 9.97 Å². The zero-order valence-corrected chi connectivity index (χ0v) is 41.3. The van der Waals surface area contributed by atoms with Gasteiger partial charge in [0.05, 0.1) is 21.1 Å². The van der Waals surface area contributed by atoms with Crippen LogP contribution in [0.4, 0.5) is 0 Å². The fraction of sp³-hybridized carbons (Fsp3) is 0.542. The molecule has 1 aliphatic heterocycles. The Morgan fingerprint density at radius 2 is 0.912 bits per heavy atom. The highest BCUT2D eigenvalue weighted by Gasteiger charge is 2.47. The number of unbranched alkanes of at least 4 members (excludes halogenated alkanes) is 12. The number of thiazole rings is 2. The summed E-state index contributed by atoms with van der Waals surface area (Å²) in [5.41, 5.74) is 2.56. The third kappa shape index (κ3) is 9.92. The lowest BCUT2D eigenvalue weighted by Gasteiger charge is -2.29. The van der Waals surface area contributed by atoms with Gasteiger partial charge in [0.2, 0.25) is 0 Å². The summed E-state index contributed by atoms with van der Waals surface area (Å²) >= 11 is 11.9. The van der Waals surface area contributed by atoms with Gasteiger partial charge in [0.15, 0.2) is 10.0 Å². The molecule has 0 aliphatic carbocycles. The number of aryl methyl sites for hydroxylation is 4. The van der Waals surface area contributed by atoms with Crippen LogP contribution in [-0.2, 0) is 12.8 Å². The fourth-order valence-corrected chi connectivity index (χ4v) is 22.6. The highest BCUT2D eigenvalue weighted by Crippen LogP contribution is 2.49. The first-order chi connectivity index (χ1) is 27.9. The first kappa shape index (κ1) is 43.4.